The summed E-state index contributed by atoms with van der Waals surface area (Å²) in [6.45, 7) is 1.89. The van der Waals surface area contributed by atoms with E-state index in [1.165, 1.54) is 25.3 Å². The van der Waals surface area contributed by atoms with Gasteiger partial charge in [-0.05, 0) is 6.07 Å². The summed E-state index contributed by atoms with van der Waals surface area (Å²) in [5, 5.41) is 13.6. The first-order valence-electron chi connectivity index (χ1n) is 7.46. The van der Waals surface area contributed by atoms with Gasteiger partial charge in [-0.15, -0.1) is 0 Å². The first-order chi connectivity index (χ1) is 11.5. The number of benzene rings is 1. The minimum absolute atomic E-state index is 0.0932. The first-order valence-corrected chi connectivity index (χ1v) is 7.46. The number of esters is 1. The van der Waals surface area contributed by atoms with Gasteiger partial charge in [-0.2, -0.15) is 0 Å². The molecule has 0 saturated carbocycles. The Labute approximate surface area is 138 Å². The Bertz CT molecular complexity index is 615. The third-order valence-electron chi connectivity index (χ3n) is 3.74. The van der Waals surface area contributed by atoms with Crippen molar-refractivity contribution in [3.05, 3.63) is 34.4 Å². The molecule has 1 atom stereocenters. The van der Waals surface area contributed by atoms with Crippen molar-refractivity contribution in [3.8, 4) is 0 Å². The number of rotatable bonds is 6. The van der Waals surface area contributed by atoms with Gasteiger partial charge in [-0.1, -0.05) is 12.1 Å². The van der Waals surface area contributed by atoms with Crippen molar-refractivity contribution in [3.63, 3.8) is 0 Å². The van der Waals surface area contributed by atoms with Gasteiger partial charge in [0.1, 0.15) is 11.7 Å². The highest BCUT2D eigenvalue weighted by Gasteiger charge is 2.31. The molecule has 0 aliphatic carbocycles. The number of ether oxygens (including phenoxy) is 2. The van der Waals surface area contributed by atoms with Crippen molar-refractivity contribution >= 4 is 23.3 Å². The molecule has 1 saturated heterocycles. The fourth-order valence-electron chi connectivity index (χ4n) is 2.47. The van der Waals surface area contributed by atoms with E-state index in [0.717, 1.165) is 0 Å². The van der Waals surface area contributed by atoms with Gasteiger partial charge in [-0.25, -0.2) is 0 Å². The second-order valence-electron chi connectivity index (χ2n) is 5.21. The van der Waals surface area contributed by atoms with Crippen LogP contribution in [0.15, 0.2) is 24.3 Å². The largest absolute Gasteiger partial charge is 0.469 e. The molecular weight excluding hydrogens is 318 g/mol. The fraction of sp³-hybridized carbons (Fsp3) is 0.467. The zero-order valence-corrected chi connectivity index (χ0v) is 13.3. The highest BCUT2D eigenvalue weighted by molar-refractivity contribution is 5.98. The predicted molar refractivity (Wildman–Crippen MR) is 84.5 cm³/mol. The van der Waals surface area contributed by atoms with Gasteiger partial charge in [0.15, 0.2) is 0 Å². The van der Waals surface area contributed by atoms with Crippen molar-refractivity contribution in [2.75, 3.05) is 38.7 Å². The molecule has 1 aliphatic heterocycles. The zero-order valence-electron chi connectivity index (χ0n) is 13.3. The number of hydrogen-bond acceptors (Lipinski definition) is 7. The summed E-state index contributed by atoms with van der Waals surface area (Å²) in [6.07, 6.45) is -0.136. The minimum Gasteiger partial charge on any atom is -0.469 e. The highest BCUT2D eigenvalue weighted by Crippen LogP contribution is 2.24. The molecule has 2 rings (SSSR count). The van der Waals surface area contributed by atoms with Crippen molar-refractivity contribution in [1.82, 2.24) is 4.90 Å². The molecule has 1 amide bonds. The van der Waals surface area contributed by atoms with Crippen LogP contribution in [0.25, 0.3) is 0 Å². The summed E-state index contributed by atoms with van der Waals surface area (Å²) in [4.78, 5) is 36.5. The summed E-state index contributed by atoms with van der Waals surface area (Å²) < 4.78 is 9.90. The lowest BCUT2D eigenvalue weighted by Gasteiger charge is -2.32. The molecule has 1 aromatic carbocycles. The van der Waals surface area contributed by atoms with Crippen molar-refractivity contribution in [1.29, 1.82) is 0 Å². The Morgan fingerprint density at radius 3 is 2.67 bits per heavy atom. The van der Waals surface area contributed by atoms with Crippen molar-refractivity contribution in [2.24, 2.45) is 0 Å². The smallest absolute Gasteiger partial charge is 0.307 e. The third-order valence-corrected chi connectivity index (χ3v) is 3.74. The van der Waals surface area contributed by atoms with E-state index in [9.17, 15) is 19.7 Å². The molecule has 0 bridgehead atoms. The number of nitrogens with one attached hydrogen (secondary N) is 1. The van der Waals surface area contributed by atoms with Crippen LogP contribution in [-0.2, 0) is 19.1 Å². The SMILES string of the molecule is COC(=O)CC(C(=O)Nc1ccccc1[N+](=O)[O-])N1CCOCC1. The number of carbonyl (C=O) groups excluding carboxylic acids is 2. The van der Waals surface area contributed by atoms with Gasteiger partial charge in [0.05, 0.1) is 31.7 Å². The minimum atomic E-state index is -0.777. The van der Waals surface area contributed by atoms with Crippen LogP contribution < -0.4 is 5.32 Å². The van der Waals surface area contributed by atoms with Crippen molar-refractivity contribution < 1.29 is 24.0 Å². The lowest BCUT2D eigenvalue weighted by Crippen LogP contribution is -2.50. The summed E-state index contributed by atoms with van der Waals surface area (Å²) in [6, 6.07) is 5.08. The number of nitro benzene ring substituents is 1. The van der Waals surface area contributed by atoms with Crippen LogP contribution in [0.4, 0.5) is 11.4 Å². The van der Waals surface area contributed by atoms with E-state index in [4.69, 9.17) is 4.74 Å². The topological polar surface area (TPSA) is 111 Å². The van der Waals surface area contributed by atoms with Gasteiger partial charge in [-0.3, -0.25) is 24.6 Å². The number of hydrogen-bond donors (Lipinski definition) is 1. The lowest BCUT2D eigenvalue weighted by atomic mass is 10.1. The Hall–Kier alpha value is -2.52. The van der Waals surface area contributed by atoms with Crippen LogP contribution in [0, 0.1) is 10.1 Å². The Morgan fingerprint density at radius 2 is 2.04 bits per heavy atom. The Morgan fingerprint density at radius 1 is 1.38 bits per heavy atom. The second-order valence-corrected chi connectivity index (χ2v) is 5.21. The standard InChI is InChI=1S/C15H19N3O6/c1-23-14(19)10-13(17-6-8-24-9-7-17)15(20)16-11-4-2-3-5-12(11)18(21)22/h2-5,13H,6-10H2,1H3,(H,16,20). The van der Waals surface area contributed by atoms with Crippen LogP contribution in [0.3, 0.4) is 0 Å². The normalized spacial score (nSPS) is 16.2. The first kappa shape index (κ1) is 17.8. The average molecular weight is 337 g/mol. The average Bonchev–Trinajstić information content (AvgIpc) is 2.60. The molecule has 0 radical (unpaired) electrons. The number of para-hydroxylation sites is 2. The summed E-state index contributed by atoms with van der Waals surface area (Å²) in [5.74, 6) is -1.01. The quantitative estimate of drug-likeness (QED) is 0.464. The Kier molecular flexibility index (Phi) is 6.21. The molecule has 9 heteroatoms. The van der Waals surface area contributed by atoms with Gasteiger partial charge in [0.2, 0.25) is 5.91 Å². The van der Waals surface area contributed by atoms with E-state index in [1.54, 1.807) is 6.07 Å². The molecule has 1 aromatic rings. The van der Waals surface area contributed by atoms with E-state index in [-0.39, 0.29) is 17.8 Å². The van der Waals surface area contributed by atoms with E-state index >= 15 is 0 Å². The molecule has 1 unspecified atom stereocenters. The van der Waals surface area contributed by atoms with E-state index < -0.39 is 22.8 Å². The molecular formula is C15H19N3O6. The van der Waals surface area contributed by atoms with E-state index in [2.05, 4.69) is 10.1 Å². The molecule has 9 nitrogen and oxygen atoms in total. The summed E-state index contributed by atoms with van der Waals surface area (Å²) in [7, 11) is 1.25. The van der Waals surface area contributed by atoms with Crippen LogP contribution in [-0.4, -0.2) is 61.2 Å². The van der Waals surface area contributed by atoms with E-state index in [0.29, 0.717) is 26.3 Å². The lowest BCUT2D eigenvalue weighted by molar-refractivity contribution is -0.383. The molecule has 130 valence electrons. The van der Waals surface area contributed by atoms with Crippen LogP contribution in [0.5, 0.6) is 0 Å². The van der Waals surface area contributed by atoms with Gasteiger partial charge in [0.25, 0.3) is 5.69 Å². The van der Waals surface area contributed by atoms with Crippen LogP contribution in [0.1, 0.15) is 6.42 Å². The number of morpholine rings is 1. The second kappa shape index (κ2) is 8.37. The molecule has 24 heavy (non-hydrogen) atoms. The van der Waals surface area contributed by atoms with Crippen LogP contribution in [0.2, 0.25) is 0 Å². The molecule has 1 N–H and O–H groups in total. The van der Waals surface area contributed by atoms with E-state index in [1.807, 2.05) is 4.90 Å². The summed E-state index contributed by atoms with van der Waals surface area (Å²) in [5.41, 5.74) is -0.111. The molecule has 1 heterocycles. The van der Waals surface area contributed by atoms with Crippen molar-refractivity contribution in [2.45, 2.75) is 12.5 Å². The number of carbonyl (C=O) groups is 2. The number of nitrogens with zero attached hydrogens (tertiary/aromatic N) is 2. The maximum atomic E-state index is 12.6. The number of methoxy groups -OCH3 is 1. The number of nitro groups is 1. The van der Waals surface area contributed by atoms with Gasteiger partial charge in [0, 0.05) is 19.2 Å². The third kappa shape index (κ3) is 4.49. The van der Waals surface area contributed by atoms with Crippen LogP contribution >= 0.6 is 0 Å². The maximum Gasteiger partial charge on any atom is 0.307 e. The monoisotopic (exact) mass is 337 g/mol. The Balaban J connectivity index is 2.17. The van der Waals surface area contributed by atoms with Gasteiger partial charge < -0.3 is 14.8 Å². The molecule has 1 fully saturated rings. The van der Waals surface area contributed by atoms with Gasteiger partial charge >= 0.3 is 5.97 Å². The maximum absolute atomic E-state index is 12.6. The zero-order chi connectivity index (χ0) is 17.5. The highest BCUT2D eigenvalue weighted by atomic mass is 16.6. The number of amides is 1. The molecule has 0 spiro atoms. The predicted octanol–water partition coefficient (Wildman–Crippen LogP) is 0.797. The molecule has 1 aliphatic rings. The summed E-state index contributed by atoms with van der Waals surface area (Å²) >= 11 is 0. The fourth-order valence-corrected chi connectivity index (χ4v) is 2.47. The molecule has 0 aromatic heterocycles. The number of anilines is 1.